The summed E-state index contributed by atoms with van der Waals surface area (Å²) in [5, 5.41) is 0. The Hall–Kier alpha value is -1.18. The van der Waals surface area contributed by atoms with Gasteiger partial charge in [0.2, 0.25) is 0 Å². The van der Waals surface area contributed by atoms with Crippen LogP contribution in [0.2, 0.25) is 0 Å². The molecule has 1 aromatic heterocycles. The lowest BCUT2D eigenvalue weighted by atomic mass is 9.96. The van der Waals surface area contributed by atoms with Crippen LogP contribution in [-0.4, -0.2) is 9.97 Å². The first kappa shape index (κ1) is 9.90. The van der Waals surface area contributed by atoms with Crippen LogP contribution >= 0.6 is 0 Å². The molecule has 0 amide bonds. The number of rotatable bonds is 1. The third-order valence-corrected chi connectivity index (χ3v) is 1.69. The lowest BCUT2D eigenvalue weighted by Crippen LogP contribution is -2.16. The van der Waals surface area contributed by atoms with Gasteiger partial charge < -0.3 is 0 Å². The molecule has 0 aromatic carbocycles. The molecule has 0 aliphatic carbocycles. The molecule has 0 N–H and O–H groups in total. The summed E-state index contributed by atoms with van der Waals surface area (Å²) < 4.78 is 0. The zero-order valence-corrected chi connectivity index (χ0v) is 8.70. The second kappa shape index (κ2) is 3.69. The normalized spacial score (nSPS) is 12.3. The van der Waals surface area contributed by atoms with E-state index in [1.165, 1.54) is 0 Å². The smallest absolute Gasteiger partial charge is 0.134 e. The molecule has 1 heterocycles. The predicted molar refractivity (Wildman–Crippen MR) is 55.4 cm³/mol. The lowest BCUT2D eigenvalue weighted by molar-refractivity contribution is 0.544. The summed E-state index contributed by atoms with van der Waals surface area (Å²) in [5.41, 5.74) is 1.000. The fraction of sp³-hybridized carbons (Fsp3) is 0.455. The highest BCUT2D eigenvalue weighted by Gasteiger charge is 2.16. The summed E-state index contributed by atoms with van der Waals surface area (Å²) in [4.78, 5) is 8.68. The first-order valence-electron chi connectivity index (χ1n) is 4.50. The molecule has 2 nitrogen and oxygen atoms in total. The molecule has 2 heteroatoms. The maximum Gasteiger partial charge on any atom is 0.134 e. The maximum atomic E-state index is 4.44. The topological polar surface area (TPSA) is 25.8 Å². The van der Waals surface area contributed by atoms with E-state index in [9.17, 15) is 0 Å². The van der Waals surface area contributed by atoms with Crippen molar-refractivity contribution in [1.29, 1.82) is 0 Å². The number of hydrogen-bond donors (Lipinski definition) is 0. The van der Waals surface area contributed by atoms with Crippen LogP contribution in [-0.2, 0) is 5.41 Å². The number of hydrogen-bond acceptors (Lipinski definition) is 2. The first-order valence-corrected chi connectivity index (χ1v) is 4.50. The van der Waals surface area contributed by atoms with Gasteiger partial charge in [0.25, 0.3) is 0 Å². The molecule has 1 rings (SSSR count). The minimum atomic E-state index is 0.0254. The van der Waals surface area contributed by atoms with Crippen molar-refractivity contribution in [2.75, 3.05) is 0 Å². The molecule has 1 aromatic rings. The number of allylic oxidation sites excluding steroid dienone is 1. The molecule has 13 heavy (non-hydrogen) atoms. The van der Waals surface area contributed by atoms with E-state index in [1.807, 2.05) is 31.3 Å². The van der Waals surface area contributed by atoms with Crippen LogP contribution in [0.1, 0.15) is 39.2 Å². The Morgan fingerprint density at radius 1 is 1.31 bits per heavy atom. The molecule has 0 saturated carbocycles. The van der Waals surface area contributed by atoms with E-state index in [-0.39, 0.29) is 5.41 Å². The maximum absolute atomic E-state index is 4.44. The van der Waals surface area contributed by atoms with E-state index in [4.69, 9.17) is 0 Å². The van der Waals surface area contributed by atoms with E-state index in [0.29, 0.717) is 0 Å². The van der Waals surface area contributed by atoms with Crippen molar-refractivity contribution in [2.45, 2.75) is 33.1 Å². The zero-order chi connectivity index (χ0) is 9.90. The van der Waals surface area contributed by atoms with Crippen molar-refractivity contribution in [1.82, 2.24) is 9.97 Å². The third-order valence-electron chi connectivity index (χ3n) is 1.69. The molecule has 0 fully saturated rings. The summed E-state index contributed by atoms with van der Waals surface area (Å²) >= 11 is 0. The van der Waals surface area contributed by atoms with Crippen molar-refractivity contribution >= 4 is 6.08 Å². The fourth-order valence-electron chi connectivity index (χ4n) is 0.998. The van der Waals surface area contributed by atoms with E-state index in [1.54, 1.807) is 0 Å². The Bertz CT molecular complexity index is 308. The second-order valence-corrected chi connectivity index (χ2v) is 4.06. The van der Waals surface area contributed by atoms with Gasteiger partial charge in [0.15, 0.2) is 0 Å². The quantitative estimate of drug-likeness (QED) is 0.657. The molecule has 0 radical (unpaired) electrons. The first-order chi connectivity index (χ1) is 6.04. The van der Waals surface area contributed by atoms with Crippen LogP contribution in [0.4, 0.5) is 0 Å². The van der Waals surface area contributed by atoms with Crippen LogP contribution in [0.3, 0.4) is 0 Å². The largest absolute Gasteiger partial charge is 0.241 e. The Morgan fingerprint density at radius 3 is 2.54 bits per heavy atom. The zero-order valence-electron chi connectivity index (χ0n) is 8.70. The Balaban J connectivity index is 3.05. The van der Waals surface area contributed by atoms with Gasteiger partial charge in [0, 0.05) is 11.6 Å². The average Bonchev–Trinajstić information content (AvgIpc) is 2.04. The van der Waals surface area contributed by atoms with Crippen molar-refractivity contribution in [3.63, 3.8) is 0 Å². The van der Waals surface area contributed by atoms with Gasteiger partial charge >= 0.3 is 0 Å². The molecule has 0 spiro atoms. The minimum Gasteiger partial charge on any atom is -0.241 e. The fourth-order valence-corrected chi connectivity index (χ4v) is 0.998. The van der Waals surface area contributed by atoms with Gasteiger partial charge in [-0.3, -0.25) is 0 Å². The van der Waals surface area contributed by atoms with Gasteiger partial charge in [0.1, 0.15) is 5.82 Å². The molecule has 0 bridgehead atoms. The number of aromatic nitrogens is 2. The molecule has 0 atom stereocenters. The standard InChI is InChI=1S/C11H16N2/c1-5-6-9-7-8-12-10(13-9)11(2,3)4/h5-8H,1-4H3/b6-5-. The van der Waals surface area contributed by atoms with Crippen molar-refractivity contribution in [3.8, 4) is 0 Å². The lowest BCUT2D eigenvalue weighted by Gasteiger charge is -2.15. The summed E-state index contributed by atoms with van der Waals surface area (Å²) in [6.07, 6.45) is 5.77. The average molecular weight is 176 g/mol. The molecule has 0 aliphatic rings. The van der Waals surface area contributed by atoms with Crippen molar-refractivity contribution in [2.24, 2.45) is 0 Å². The Morgan fingerprint density at radius 2 is 2.00 bits per heavy atom. The summed E-state index contributed by atoms with van der Waals surface area (Å²) in [6.45, 7) is 8.32. The van der Waals surface area contributed by atoms with Crippen LogP contribution in [0.5, 0.6) is 0 Å². The molecular weight excluding hydrogens is 160 g/mol. The highest BCUT2D eigenvalue weighted by atomic mass is 14.9. The highest BCUT2D eigenvalue weighted by molar-refractivity contribution is 5.43. The predicted octanol–water partition coefficient (Wildman–Crippen LogP) is 2.81. The van der Waals surface area contributed by atoms with Crippen molar-refractivity contribution < 1.29 is 0 Å². The van der Waals surface area contributed by atoms with Crippen molar-refractivity contribution in [3.05, 3.63) is 29.9 Å². The molecule has 70 valence electrons. The van der Waals surface area contributed by atoms with E-state index < -0.39 is 0 Å². The van der Waals surface area contributed by atoms with Gasteiger partial charge in [-0.2, -0.15) is 0 Å². The number of nitrogens with zero attached hydrogens (tertiary/aromatic N) is 2. The Labute approximate surface area is 79.7 Å². The Kier molecular flexibility index (Phi) is 2.81. The summed E-state index contributed by atoms with van der Waals surface area (Å²) in [6, 6.07) is 1.91. The molecule has 0 saturated heterocycles. The SMILES string of the molecule is C/C=C\c1ccnc(C(C)(C)C)n1. The van der Waals surface area contributed by atoms with Crippen LogP contribution in [0.15, 0.2) is 18.3 Å². The molecule has 0 aliphatic heterocycles. The monoisotopic (exact) mass is 176 g/mol. The van der Waals surface area contributed by atoms with Gasteiger partial charge in [-0.25, -0.2) is 9.97 Å². The van der Waals surface area contributed by atoms with Crippen LogP contribution in [0.25, 0.3) is 6.08 Å². The highest BCUT2D eigenvalue weighted by Crippen LogP contribution is 2.17. The van der Waals surface area contributed by atoms with E-state index in [2.05, 4.69) is 30.7 Å². The molecule has 0 unspecified atom stereocenters. The summed E-state index contributed by atoms with van der Waals surface area (Å²) in [5.74, 6) is 0.892. The van der Waals surface area contributed by atoms with Crippen LogP contribution in [0, 0.1) is 0 Å². The molecular formula is C11H16N2. The van der Waals surface area contributed by atoms with Gasteiger partial charge in [0.05, 0.1) is 5.69 Å². The third kappa shape index (κ3) is 2.65. The van der Waals surface area contributed by atoms with E-state index >= 15 is 0 Å². The minimum absolute atomic E-state index is 0.0254. The second-order valence-electron chi connectivity index (χ2n) is 4.06. The van der Waals surface area contributed by atoms with E-state index in [0.717, 1.165) is 11.5 Å². The van der Waals surface area contributed by atoms with Gasteiger partial charge in [-0.15, -0.1) is 0 Å². The van der Waals surface area contributed by atoms with Gasteiger partial charge in [-0.1, -0.05) is 26.8 Å². The van der Waals surface area contributed by atoms with Gasteiger partial charge in [-0.05, 0) is 19.1 Å². The van der Waals surface area contributed by atoms with Crippen LogP contribution < -0.4 is 0 Å². The summed E-state index contributed by atoms with van der Waals surface area (Å²) in [7, 11) is 0.